The van der Waals surface area contributed by atoms with Crippen LogP contribution in [-0.4, -0.2) is 65.8 Å². The number of hydrogen-bond donors (Lipinski definition) is 1. The Morgan fingerprint density at radius 2 is 0.780 bits per heavy atom. The first-order valence-electron chi connectivity index (χ1n) is 51.8. The number of Topliss-reactive ketones (excluding diaryl/α,β-unsaturated/α-hetero) is 3. The van der Waals surface area contributed by atoms with E-state index in [0.717, 1.165) is 173 Å². The van der Waals surface area contributed by atoms with Gasteiger partial charge in [0.05, 0.1) is 34.5 Å². The van der Waals surface area contributed by atoms with Gasteiger partial charge in [-0.05, 0) is 440 Å². The van der Waals surface area contributed by atoms with Gasteiger partial charge in [-0.3, -0.25) is 14.4 Å². The maximum absolute atomic E-state index is 13.0. The minimum Gasteiger partial charge on any atom is -0.497 e. The molecule has 19 atom stereocenters. The zero-order valence-corrected chi connectivity index (χ0v) is 87.4. The summed E-state index contributed by atoms with van der Waals surface area (Å²) in [6, 6.07) is 29.8. The molecule has 1 N–H and O–H groups in total. The van der Waals surface area contributed by atoms with E-state index in [9.17, 15) is 19.5 Å². The molecule has 0 saturated heterocycles. The third-order valence-electron chi connectivity index (χ3n) is 35.4. The van der Waals surface area contributed by atoms with Crippen molar-refractivity contribution in [2.45, 2.75) is 395 Å². The Hall–Kier alpha value is -5.77. The second-order valence-corrected chi connectivity index (χ2v) is 48.6. The summed E-state index contributed by atoms with van der Waals surface area (Å²) in [6.45, 7) is 53.4. The van der Waals surface area contributed by atoms with E-state index in [-0.39, 0.29) is 32.2 Å². The van der Waals surface area contributed by atoms with Crippen molar-refractivity contribution in [2.75, 3.05) is 28.4 Å². The number of hydrogen-bond acceptors (Lipinski definition) is 8. The largest absolute Gasteiger partial charge is 0.497 e. The van der Waals surface area contributed by atoms with Crippen LogP contribution in [0.1, 0.15) is 362 Å². The quantitative estimate of drug-likeness (QED) is 0.0354. The lowest BCUT2D eigenvalue weighted by Crippen LogP contribution is -2.45. The molecule has 710 valence electrons. The normalized spacial score (nSPS) is 27.9. The van der Waals surface area contributed by atoms with Crippen LogP contribution < -0.4 is 18.9 Å². The summed E-state index contributed by atoms with van der Waals surface area (Å²) in [5.41, 5.74) is 18.8. The van der Waals surface area contributed by atoms with Crippen molar-refractivity contribution in [3.05, 3.63) is 163 Å². The summed E-state index contributed by atoms with van der Waals surface area (Å²) in [5, 5.41) is 11.0. The molecule has 0 unspecified atom stereocenters. The van der Waals surface area contributed by atoms with Crippen molar-refractivity contribution in [1.29, 1.82) is 0 Å². The molecule has 7 saturated carbocycles. The number of aliphatic hydroxyl groups excluding tert-OH is 1. The number of aliphatic hydroxyl groups is 1. The van der Waals surface area contributed by atoms with Crippen LogP contribution in [-0.2, 0) is 40.1 Å². The molecule has 0 radical (unpaired) electrons. The van der Waals surface area contributed by atoms with Crippen molar-refractivity contribution in [3.8, 4) is 23.0 Å². The SMILES string of the molecule is CC[SiH](CC)CC.COc1ccc(C)c(CCC2=C3CC[C@H]([C@H](C)CCC=C(C)C)[C@@]3(C)CCC2=O)c1.COc1ccc(C)c(CC[C@@H]2C(=O)CC[C@]3(C)[C@@H]([C@H](C)CCC=C(C)C)CC[C@@H]23)c1.COc1ccc(C)c(CC[C@@H]2C(=O)CC[C@]3(C)[C@@H]([C@H](C)CCC=C(C)C)CC[C@H]23)c1.COc1ccc(C)c(CC[C@@H]2[C@H](O)CC[C@]3(C)[C@@H]([C@H](C)CCCC(C)C)CC[C@@H]23)c1. The maximum atomic E-state index is 13.0. The highest BCUT2D eigenvalue weighted by atomic mass is 28.3. The van der Waals surface area contributed by atoms with Gasteiger partial charge in [-0.2, -0.15) is 0 Å². The number of methoxy groups -OCH3 is 4. The summed E-state index contributed by atoms with van der Waals surface area (Å²) in [5.74, 6) is 14.8. The van der Waals surface area contributed by atoms with Crippen LogP contribution in [0.25, 0.3) is 0 Å². The molecule has 0 heterocycles. The Morgan fingerprint density at radius 1 is 0.417 bits per heavy atom. The number of aryl methyl sites for hydroxylation is 8. The zero-order chi connectivity index (χ0) is 93.3. The van der Waals surface area contributed by atoms with Crippen LogP contribution in [0.2, 0.25) is 18.1 Å². The Labute approximate surface area is 780 Å². The minimum atomic E-state index is -0.171. The third kappa shape index (κ3) is 28.2. The lowest BCUT2D eigenvalue weighted by atomic mass is 9.57. The average Bonchev–Trinajstić information content (AvgIpc) is 1.64. The number of ether oxygens (including phenoxy) is 4. The molecule has 127 heavy (non-hydrogen) atoms. The zero-order valence-electron chi connectivity index (χ0n) is 86.2. The van der Waals surface area contributed by atoms with Gasteiger partial charge >= 0.3 is 0 Å². The number of rotatable bonds is 36. The number of fused-ring (bicyclic) bond motifs is 4. The Bertz CT molecular complexity index is 4090. The van der Waals surface area contributed by atoms with Crippen LogP contribution in [0.4, 0.5) is 0 Å². The highest BCUT2D eigenvalue weighted by Crippen LogP contribution is 2.64. The van der Waals surface area contributed by atoms with Crippen molar-refractivity contribution in [2.24, 2.45) is 110 Å². The van der Waals surface area contributed by atoms with E-state index in [2.05, 4.69) is 226 Å². The van der Waals surface area contributed by atoms with Gasteiger partial charge in [0.1, 0.15) is 34.6 Å². The van der Waals surface area contributed by atoms with Crippen LogP contribution in [0.15, 0.2) is 119 Å². The predicted molar refractivity (Wildman–Crippen MR) is 543 cm³/mol. The first kappa shape index (κ1) is 107. The molecule has 0 aromatic heterocycles. The molecule has 0 aliphatic heterocycles. The van der Waals surface area contributed by atoms with Gasteiger partial charge in [-0.15, -0.1) is 0 Å². The summed E-state index contributed by atoms with van der Waals surface area (Å²) >= 11 is 0. The summed E-state index contributed by atoms with van der Waals surface area (Å²) in [4.78, 5) is 38.9. The molecule has 0 spiro atoms. The van der Waals surface area contributed by atoms with Crippen LogP contribution in [0, 0.1) is 138 Å². The van der Waals surface area contributed by atoms with Gasteiger partial charge < -0.3 is 24.1 Å². The topological polar surface area (TPSA) is 108 Å². The lowest BCUT2D eigenvalue weighted by molar-refractivity contribution is -0.133. The Morgan fingerprint density at radius 3 is 1.15 bits per heavy atom. The van der Waals surface area contributed by atoms with Gasteiger partial charge in [-0.25, -0.2) is 0 Å². The van der Waals surface area contributed by atoms with Crippen LogP contribution in [0.3, 0.4) is 0 Å². The summed E-state index contributed by atoms with van der Waals surface area (Å²) in [6.07, 6.45) is 44.3. The molecule has 8 aliphatic rings. The maximum Gasteiger partial charge on any atom is 0.158 e. The highest BCUT2D eigenvalue weighted by Gasteiger charge is 2.58. The molecule has 8 aliphatic carbocycles. The van der Waals surface area contributed by atoms with E-state index in [1.54, 1.807) is 28.4 Å². The van der Waals surface area contributed by atoms with E-state index >= 15 is 0 Å². The molecule has 12 rings (SSSR count). The third-order valence-corrected chi connectivity index (χ3v) is 38.8. The molecule has 9 heteroatoms. The highest BCUT2D eigenvalue weighted by molar-refractivity contribution is 6.58. The van der Waals surface area contributed by atoms with E-state index in [1.165, 1.54) is 194 Å². The molecule has 4 aromatic carbocycles. The number of benzene rings is 4. The van der Waals surface area contributed by atoms with Crippen molar-refractivity contribution >= 4 is 26.1 Å². The Balaban J connectivity index is 0.000000204. The van der Waals surface area contributed by atoms with Gasteiger partial charge in [0.2, 0.25) is 0 Å². The Kier molecular flexibility index (Phi) is 42.3. The average molecular weight is 1760 g/mol. The van der Waals surface area contributed by atoms with E-state index in [0.29, 0.717) is 69.1 Å². The van der Waals surface area contributed by atoms with Crippen molar-refractivity contribution < 1.29 is 38.4 Å². The van der Waals surface area contributed by atoms with Crippen LogP contribution in [0.5, 0.6) is 23.0 Å². The van der Waals surface area contributed by atoms with E-state index < -0.39 is 0 Å². The minimum absolute atomic E-state index is 0.121. The number of carbonyl (C=O) groups excluding carboxylic acids is 3. The smallest absolute Gasteiger partial charge is 0.158 e. The molecule has 4 aromatic rings. The predicted octanol–water partition coefficient (Wildman–Crippen LogP) is 31.5. The molecule has 8 nitrogen and oxygen atoms in total. The van der Waals surface area contributed by atoms with E-state index in [1.807, 2.05) is 24.3 Å². The molecule has 0 amide bonds. The van der Waals surface area contributed by atoms with Gasteiger partial charge in [0.15, 0.2) is 5.78 Å². The fraction of sp³-hybridized carbons (Fsp3) is 0.703. The molecule has 7 fully saturated rings. The van der Waals surface area contributed by atoms with Crippen molar-refractivity contribution in [1.82, 2.24) is 0 Å². The second-order valence-electron chi connectivity index (χ2n) is 44.4. The molecular formula is C118H186O8Si. The monoisotopic (exact) mass is 1760 g/mol. The van der Waals surface area contributed by atoms with Crippen LogP contribution >= 0.6 is 0 Å². The van der Waals surface area contributed by atoms with E-state index in [4.69, 9.17) is 18.9 Å². The molecule has 0 bridgehead atoms. The van der Waals surface area contributed by atoms with Gasteiger partial charge in [0, 0.05) is 39.9 Å². The van der Waals surface area contributed by atoms with Gasteiger partial charge in [-0.1, -0.05) is 192 Å². The lowest BCUT2D eigenvalue weighted by Gasteiger charge is -2.49. The molecular weight excluding hydrogens is 1570 g/mol. The van der Waals surface area contributed by atoms with Crippen molar-refractivity contribution in [3.63, 3.8) is 0 Å². The summed E-state index contributed by atoms with van der Waals surface area (Å²) in [7, 11) is 6.73. The second kappa shape index (κ2) is 50.4. The summed E-state index contributed by atoms with van der Waals surface area (Å²) < 4.78 is 21.7. The fourth-order valence-corrected chi connectivity index (χ4v) is 28.9. The first-order chi connectivity index (χ1) is 60.4. The number of ketones is 3. The fourth-order valence-electron chi connectivity index (χ4n) is 27.1. The number of carbonyl (C=O) groups is 3. The standard InChI is InChI=1S/C28H46O2.2C28H42O2.C28H40O2.C6H16Si/c4*1-19(2)8-7-9-21(4)25-14-15-26-24(27(29)16-17-28(25,26)5)13-11-22-18-23(30-6)12-10-20(22)3;1-4-7(5-2)6-3/h10,12,18-19,21,24-27,29H,7-9,11,13-17H2,1-6H3;2*8,10,12,18,21,24-26H,7,9,11,13-17H2,1-6H3;8,10,12,18,21,25H,7,9,11,13-17H2,1-6H3;7H,4-6H2,1-3H3/t21-,24+,25-,26+,27-,28-;21-,24+,25-,26+,28-;21-,24+,25-,26-,28-;21-,25-,28-;/m1111./s1. The number of allylic oxidation sites excluding steroid dienone is 8. The first-order valence-corrected chi connectivity index (χ1v) is 54.3. The van der Waals surface area contributed by atoms with Gasteiger partial charge in [0.25, 0.3) is 0 Å².